The van der Waals surface area contributed by atoms with E-state index in [0.29, 0.717) is 0 Å². The lowest BCUT2D eigenvalue weighted by molar-refractivity contribution is -0.124. The number of nitrogens with zero attached hydrogens (tertiary/aromatic N) is 1. The number of imide groups is 1. The van der Waals surface area contributed by atoms with Gasteiger partial charge in [-0.05, 0) is 31.1 Å². The van der Waals surface area contributed by atoms with Crippen molar-refractivity contribution in [3.63, 3.8) is 0 Å². The molecule has 4 nitrogen and oxygen atoms in total. The Balaban J connectivity index is 1.86. The smallest absolute Gasteiger partial charge is 0.404 e. The Kier molecular flexibility index (Phi) is 3.98. The molecule has 0 unspecified atom stereocenters. The van der Waals surface area contributed by atoms with Gasteiger partial charge in [0, 0.05) is 0 Å². The largest absolute Gasteiger partial charge is 0.423 e. The molecule has 1 atom stereocenters. The molecule has 0 bridgehead atoms. The van der Waals surface area contributed by atoms with E-state index < -0.39 is 12.0 Å². The van der Waals surface area contributed by atoms with Crippen molar-refractivity contribution in [2.24, 2.45) is 0 Å². The molecule has 0 N–H and O–H groups in total. The molecule has 1 aliphatic rings. The third-order valence-corrected chi connectivity index (χ3v) is 3.87. The monoisotopic (exact) mass is 307 g/mol. The van der Waals surface area contributed by atoms with E-state index in [-0.39, 0.29) is 11.8 Å². The van der Waals surface area contributed by atoms with E-state index in [1.54, 1.807) is 6.08 Å². The summed E-state index contributed by atoms with van der Waals surface area (Å²) < 4.78 is 5.16. The number of hydrogen-bond donors (Lipinski definition) is 0. The Bertz CT molecular complexity index is 763. The van der Waals surface area contributed by atoms with E-state index in [4.69, 9.17) is 4.74 Å². The van der Waals surface area contributed by atoms with Gasteiger partial charge in [0.1, 0.15) is 0 Å². The fourth-order valence-corrected chi connectivity index (χ4v) is 2.51. The van der Waals surface area contributed by atoms with Gasteiger partial charge in [0.15, 0.2) is 5.76 Å². The molecule has 116 valence electrons. The van der Waals surface area contributed by atoms with Crippen molar-refractivity contribution < 1.29 is 14.3 Å². The molecule has 0 saturated carbocycles. The molecule has 1 saturated heterocycles. The molecule has 2 amide bonds. The van der Waals surface area contributed by atoms with Gasteiger partial charge in [-0.3, -0.25) is 4.79 Å². The number of carbonyl (C=O) groups is 2. The molecule has 1 fully saturated rings. The van der Waals surface area contributed by atoms with Crippen molar-refractivity contribution in [1.29, 1.82) is 0 Å². The van der Waals surface area contributed by atoms with Crippen molar-refractivity contribution in [2.75, 3.05) is 0 Å². The first-order valence-corrected chi connectivity index (χ1v) is 7.45. The summed E-state index contributed by atoms with van der Waals surface area (Å²) in [4.78, 5) is 25.8. The molecule has 2 aromatic rings. The quantitative estimate of drug-likeness (QED) is 0.803. The highest BCUT2D eigenvalue weighted by atomic mass is 16.6. The van der Waals surface area contributed by atoms with E-state index in [1.165, 1.54) is 0 Å². The van der Waals surface area contributed by atoms with Crippen LogP contribution in [0.4, 0.5) is 4.79 Å². The van der Waals surface area contributed by atoms with E-state index >= 15 is 0 Å². The van der Waals surface area contributed by atoms with E-state index in [1.807, 2.05) is 68.4 Å². The summed E-state index contributed by atoms with van der Waals surface area (Å²) in [5, 5.41) is 0. The number of cyclic esters (lactones) is 1. The number of carbonyl (C=O) groups excluding carboxylic acids is 2. The van der Waals surface area contributed by atoms with Gasteiger partial charge in [-0.15, -0.1) is 0 Å². The number of rotatable bonds is 3. The van der Waals surface area contributed by atoms with Crippen LogP contribution in [0, 0.1) is 6.92 Å². The van der Waals surface area contributed by atoms with Crippen LogP contribution in [0.2, 0.25) is 0 Å². The second kappa shape index (κ2) is 6.08. The minimum Gasteiger partial charge on any atom is -0.404 e. The first kappa shape index (κ1) is 15.0. The minimum atomic E-state index is -0.635. The van der Waals surface area contributed by atoms with Gasteiger partial charge in [-0.2, -0.15) is 0 Å². The summed E-state index contributed by atoms with van der Waals surface area (Å²) in [5.74, 6) is -0.353. The predicted molar refractivity (Wildman–Crippen MR) is 87.3 cm³/mol. The normalized spacial score (nSPS) is 17.5. The van der Waals surface area contributed by atoms with Crippen molar-refractivity contribution >= 4 is 18.1 Å². The Morgan fingerprint density at radius 2 is 1.65 bits per heavy atom. The number of hydrogen-bond acceptors (Lipinski definition) is 3. The predicted octanol–water partition coefficient (Wildman–Crippen LogP) is 4.08. The average Bonchev–Trinajstić information content (AvgIpc) is 2.84. The molecule has 3 rings (SSSR count). The molecule has 4 heteroatoms. The van der Waals surface area contributed by atoms with E-state index in [0.717, 1.165) is 21.6 Å². The SMILES string of the molecule is Cc1ccc(/C=C2\OC(=O)N([C@H](C)c3ccccc3)C2=O)cc1. The second-order valence-electron chi connectivity index (χ2n) is 5.55. The van der Waals surface area contributed by atoms with E-state index in [2.05, 4.69) is 0 Å². The zero-order valence-electron chi connectivity index (χ0n) is 13.0. The lowest BCUT2D eigenvalue weighted by Crippen LogP contribution is -2.31. The maximum absolute atomic E-state index is 12.5. The zero-order chi connectivity index (χ0) is 16.4. The Morgan fingerprint density at radius 3 is 2.30 bits per heavy atom. The van der Waals surface area contributed by atoms with Gasteiger partial charge >= 0.3 is 6.09 Å². The maximum atomic E-state index is 12.5. The summed E-state index contributed by atoms with van der Waals surface area (Å²) in [6.07, 6.45) is 0.960. The van der Waals surface area contributed by atoms with Crippen LogP contribution in [0.25, 0.3) is 6.08 Å². The second-order valence-corrected chi connectivity index (χ2v) is 5.55. The van der Waals surface area contributed by atoms with Crippen LogP contribution in [0.5, 0.6) is 0 Å². The number of benzene rings is 2. The summed E-state index contributed by atoms with van der Waals surface area (Å²) in [6.45, 7) is 3.80. The molecular weight excluding hydrogens is 290 g/mol. The molecule has 2 aromatic carbocycles. The van der Waals surface area contributed by atoms with Gasteiger partial charge < -0.3 is 4.74 Å². The summed E-state index contributed by atoms with van der Waals surface area (Å²) in [5.41, 5.74) is 2.83. The lowest BCUT2D eigenvalue weighted by atomic mass is 10.1. The molecule has 1 aliphatic heterocycles. The van der Waals surface area contributed by atoms with E-state index in [9.17, 15) is 9.59 Å². The van der Waals surface area contributed by atoms with Crippen molar-refractivity contribution in [3.05, 3.63) is 77.0 Å². The van der Waals surface area contributed by atoms with Crippen LogP contribution in [-0.2, 0) is 9.53 Å². The molecule has 0 aliphatic carbocycles. The zero-order valence-corrected chi connectivity index (χ0v) is 13.0. The van der Waals surface area contributed by atoms with Crippen LogP contribution in [0.15, 0.2) is 60.4 Å². The summed E-state index contributed by atoms with van der Waals surface area (Å²) in [7, 11) is 0. The molecular formula is C19H17NO3. The standard InChI is InChI=1S/C19H17NO3/c1-13-8-10-15(11-9-13)12-17-18(21)20(19(22)23-17)14(2)16-6-4-3-5-7-16/h3-12,14H,1-2H3/b17-12-/t14-/m1/s1. The molecule has 0 radical (unpaired) electrons. The van der Waals surface area contributed by atoms with Crippen molar-refractivity contribution in [1.82, 2.24) is 4.90 Å². The van der Waals surface area contributed by atoms with Crippen molar-refractivity contribution in [2.45, 2.75) is 19.9 Å². The van der Waals surface area contributed by atoms with Gasteiger partial charge in [0.05, 0.1) is 6.04 Å². The number of amides is 2. The Morgan fingerprint density at radius 1 is 1.00 bits per heavy atom. The fraction of sp³-hybridized carbons (Fsp3) is 0.158. The molecule has 0 aromatic heterocycles. The first-order chi connectivity index (χ1) is 11.1. The third-order valence-electron chi connectivity index (χ3n) is 3.87. The van der Waals surface area contributed by atoms with Gasteiger partial charge in [-0.1, -0.05) is 60.2 Å². The van der Waals surface area contributed by atoms with Crippen LogP contribution >= 0.6 is 0 Å². The lowest BCUT2D eigenvalue weighted by Gasteiger charge is -2.19. The van der Waals surface area contributed by atoms with Crippen LogP contribution in [0.1, 0.15) is 29.7 Å². The number of aryl methyl sites for hydroxylation is 1. The van der Waals surface area contributed by atoms with Gasteiger partial charge in [0.25, 0.3) is 5.91 Å². The topological polar surface area (TPSA) is 46.6 Å². The molecule has 1 heterocycles. The Labute approximate surface area is 135 Å². The summed E-state index contributed by atoms with van der Waals surface area (Å²) >= 11 is 0. The van der Waals surface area contributed by atoms with Gasteiger partial charge in [0.2, 0.25) is 0 Å². The van der Waals surface area contributed by atoms with Crippen LogP contribution in [0.3, 0.4) is 0 Å². The maximum Gasteiger partial charge on any atom is 0.423 e. The highest BCUT2D eigenvalue weighted by Gasteiger charge is 2.40. The van der Waals surface area contributed by atoms with Crippen LogP contribution < -0.4 is 0 Å². The first-order valence-electron chi connectivity index (χ1n) is 7.45. The Hall–Kier alpha value is -2.88. The highest BCUT2D eigenvalue weighted by Crippen LogP contribution is 2.29. The van der Waals surface area contributed by atoms with Gasteiger partial charge in [-0.25, -0.2) is 9.69 Å². The molecule has 23 heavy (non-hydrogen) atoms. The number of ether oxygens (including phenoxy) is 1. The minimum absolute atomic E-state index is 0.0571. The molecule has 0 spiro atoms. The van der Waals surface area contributed by atoms with Crippen molar-refractivity contribution in [3.8, 4) is 0 Å². The fourth-order valence-electron chi connectivity index (χ4n) is 2.51. The summed E-state index contributed by atoms with van der Waals surface area (Å²) in [6, 6.07) is 16.7. The third kappa shape index (κ3) is 3.01. The van der Waals surface area contributed by atoms with Crippen LogP contribution in [-0.4, -0.2) is 16.9 Å². The average molecular weight is 307 g/mol. The highest BCUT2D eigenvalue weighted by molar-refractivity contribution is 6.10.